The Morgan fingerprint density at radius 3 is 2.52 bits per heavy atom. The van der Waals surface area contributed by atoms with E-state index in [2.05, 4.69) is 0 Å². The summed E-state index contributed by atoms with van der Waals surface area (Å²) in [6, 6.07) is 8.92. The van der Waals surface area contributed by atoms with Crippen molar-refractivity contribution in [2.75, 3.05) is 0 Å². The summed E-state index contributed by atoms with van der Waals surface area (Å²) in [4.78, 5) is 35.6. The molecule has 1 N–H and O–H groups in total. The Bertz CT molecular complexity index is 556. The highest BCUT2D eigenvalue weighted by Gasteiger charge is 2.53. The van der Waals surface area contributed by atoms with E-state index in [0.29, 0.717) is 6.42 Å². The first-order valence-electron chi connectivity index (χ1n) is 6.72. The molecule has 6 heteroatoms. The van der Waals surface area contributed by atoms with E-state index in [1.165, 1.54) is 6.92 Å². The van der Waals surface area contributed by atoms with Crippen LogP contribution in [0.5, 0.6) is 0 Å². The Morgan fingerprint density at radius 1 is 1.33 bits per heavy atom. The summed E-state index contributed by atoms with van der Waals surface area (Å²) in [7, 11) is 0. The molecule has 1 aromatic carbocycles. The maximum absolute atomic E-state index is 11.9. The van der Waals surface area contributed by atoms with Crippen LogP contribution in [0.2, 0.25) is 0 Å². The van der Waals surface area contributed by atoms with Crippen LogP contribution < -0.4 is 0 Å². The zero-order valence-electron chi connectivity index (χ0n) is 11.7. The third-order valence-electron chi connectivity index (χ3n) is 3.73. The van der Waals surface area contributed by atoms with Crippen LogP contribution in [0.4, 0.5) is 4.79 Å². The number of benzene rings is 1. The Kier molecular flexibility index (Phi) is 4.37. The largest absolute Gasteiger partial charge is 0.443 e. The van der Waals surface area contributed by atoms with Crippen LogP contribution >= 0.6 is 0 Å². The molecule has 1 aliphatic carbocycles. The molecule has 0 radical (unpaired) electrons. The number of amides is 1. The van der Waals surface area contributed by atoms with Gasteiger partial charge in [-0.05, 0) is 25.3 Å². The number of nitrogens with zero attached hydrogens (tertiary/aromatic N) is 1. The summed E-state index contributed by atoms with van der Waals surface area (Å²) in [5.74, 6) is -1.00. The quantitative estimate of drug-likeness (QED) is 0.521. The standard InChI is InChI=1S/C15H17NO5/c1-11(17)15(9-5-8-13(15)18)16(20)14(19)21-10-12-6-3-2-4-7-12/h2-4,6-7,20H,5,8-10H2,1H3/t15-/m0/s1. The molecule has 6 nitrogen and oxygen atoms in total. The normalized spacial score (nSPS) is 21.1. The molecule has 0 unspecified atom stereocenters. The number of hydrogen-bond acceptors (Lipinski definition) is 5. The van der Waals surface area contributed by atoms with Crippen LogP contribution in [0.1, 0.15) is 31.7 Å². The monoisotopic (exact) mass is 291 g/mol. The first-order chi connectivity index (χ1) is 9.98. The molecule has 1 saturated carbocycles. The lowest BCUT2D eigenvalue weighted by Crippen LogP contribution is -2.57. The molecule has 1 fully saturated rings. The number of carbonyl (C=O) groups is 3. The second-order valence-electron chi connectivity index (χ2n) is 5.05. The number of ketones is 2. The van der Waals surface area contributed by atoms with Crippen molar-refractivity contribution < 1.29 is 24.3 Å². The third-order valence-corrected chi connectivity index (χ3v) is 3.73. The Hall–Kier alpha value is -2.21. The van der Waals surface area contributed by atoms with Crippen molar-refractivity contribution in [1.82, 2.24) is 5.06 Å². The summed E-state index contributed by atoms with van der Waals surface area (Å²) in [5, 5.41) is 10.2. The van der Waals surface area contributed by atoms with Crippen LogP contribution in [0.15, 0.2) is 30.3 Å². The van der Waals surface area contributed by atoms with Crippen molar-refractivity contribution in [1.29, 1.82) is 0 Å². The average Bonchev–Trinajstić information content (AvgIpc) is 2.87. The SMILES string of the molecule is CC(=O)[C@@]1(N(O)C(=O)OCc2ccccc2)CCCC1=O. The van der Waals surface area contributed by atoms with Crippen LogP contribution in [0.25, 0.3) is 0 Å². The van der Waals surface area contributed by atoms with E-state index < -0.39 is 23.2 Å². The fourth-order valence-electron chi connectivity index (χ4n) is 2.53. The van der Waals surface area contributed by atoms with Gasteiger partial charge in [0.05, 0.1) is 0 Å². The maximum atomic E-state index is 11.9. The lowest BCUT2D eigenvalue weighted by atomic mass is 9.91. The molecule has 1 amide bonds. The molecule has 1 aliphatic rings. The molecule has 0 spiro atoms. The molecule has 112 valence electrons. The molecular formula is C15H17NO5. The molecule has 0 heterocycles. The van der Waals surface area contributed by atoms with Gasteiger partial charge in [0.1, 0.15) is 6.61 Å². The average molecular weight is 291 g/mol. The second kappa shape index (κ2) is 6.05. The second-order valence-corrected chi connectivity index (χ2v) is 5.05. The van der Waals surface area contributed by atoms with E-state index in [4.69, 9.17) is 4.74 Å². The Balaban J connectivity index is 2.07. The number of rotatable bonds is 4. The highest BCUT2D eigenvalue weighted by molar-refractivity contribution is 6.13. The van der Waals surface area contributed by atoms with Crippen molar-refractivity contribution in [3.63, 3.8) is 0 Å². The molecule has 21 heavy (non-hydrogen) atoms. The van der Waals surface area contributed by atoms with Gasteiger partial charge in [0.2, 0.25) is 0 Å². The Morgan fingerprint density at radius 2 is 2.00 bits per heavy atom. The molecule has 1 atom stereocenters. The fraction of sp³-hybridized carbons (Fsp3) is 0.400. The number of hydrogen-bond donors (Lipinski definition) is 1. The van der Waals surface area contributed by atoms with Crippen molar-refractivity contribution in [2.24, 2.45) is 0 Å². The van der Waals surface area contributed by atoms with Gasteiger partial charge in [-0.25, -0.2) is 4.79 Å². The summed E-state index contributed by atoms with van der Waals surface area (Å²) in [6.07, 6.45) is -0.341. The number of hydroxylamine groups is 2. The molecule has 1 aromatic rings. The van der Waals surface area contributed by atoms with Gasteiger partial charge in [0.25, 0.3) is 0 Å². The highest BCUT2D eigenvalue weighted by Crippen LogP contribution is 2.32. The predicted molar refractivity (Wildman–Crippen MR) is 72.5 cm³/mol. The molecule has 0 aliphatic heterocycles. The minimum Gasteiger partial charge on any atom is -0.443 e. The van der Waals surface area contributed by atoms with Crippen molar-refractivity contribution in [3.05, 3.63) is 35.9 Å². The first kappa shape index (κ1) is 15.2. The fourth-order valence-corrected chi connectivity index (χ4v) is 2.53. The summed E-state index contributed by atoms with van der Waals surface area (Å²) in [5.41, 5.74) is -1.04. The predicted octanol–water partition coefficient (Wildman–Crippen LogP) is 2.10. The zero-order chi connectivity index (χ0) is 15.5. The van der Waals surface area contributed by atoms with Gasteiger partial charge in [0.15, 0.2) is 17.1 Å². The van der Waals surface area contributed by atoms with Crippen LogP contribution in [0.3, 0.4) is 0 Å². The van der Waals surface area contributed by atoms with Crippen molar-refractivity contribution in [3.8, 4) is 0 Å². The van der Waals surface area contributed by atoms with Gasteiger partial charge in [-0.1, -0.05) is 30.3 Å². The zero-order valence-corrected chi connectivity index (χ0v) is 11.7. The molecule has 2 rings (SSSR count). The van der Waals surface area contributed by atoms with E-state index in [0.717, 1.165) is 5.56 Å². The van der Waals surface area contributed by atoms with Gasteiger partial charge in [-0.3, -0.25) is 14.8 Å². The molecular weight excluding hydrogens is 274 g/mol. The van der Waals surface area contributed by atoms with Gasteiger partial charge in [-0.2, -0.15) is 5.06 Å². The topological polar surface area (TPSA) is 83.9 Å². The minimum absolute atomic E-state index is 0.0427. The molecule has 0 bridgehead atoms. The number of carbonyl (C=O) groups excluding carboxylic acids is 3. The summed E-state index contributed by atoms with van der Waals surface area (Å²) >= 11 is 0. The van der Waals surface area contributed by atoms with E-state index in [1.54, 1.807) is 24.3 Å². The Labute approximate surface area is 122 Å². The summed E-state index contributed by atoms with van der Waals surface area (Å²) in [6.45, 7) is 1.15. The third kappa shape index (κ3) is 2.80. The minimum atomic E-state index is -1.78. The molecule has 0 aromatic heterocycles. The van der Waals surface area contributed by atoms with Crippen LogP contribution in [-0.2, 0) is 20.9 Å². The smallest absolute Gasteiger partial charge is 0.435 e. The van der Waals surface area contributed by atoms with Gasteiger partial charge >= 0.3 is 6.09 Å². The number of ether oxygens (including phenoxy) is 1. The lowest BCUT2D eigenvalue weighted by molar-refractivity contribution is -0.171. The van der Waals surface area contributed by atoms with Gasteiger partial charge < -0.3 is 4.74 Å². The number of Topliss-reactive ketones (excluding diaryl/α,β-unsaturated/α-hetero) is 2. The van der Waals surface area contributed by atoms with E-state index in [1.807, 2.05) is 6.07 Å². The first-order valence-corrected chi connectivity index (χ1v) is 6.72. The van der Waals surface area contributed by atoms with E-state index in [-0.39, 0.29) is 24.5 Å². The van der Waals surface area contributed by atoms with E-state index >= 15 is 0 Å². The van der Waals surface area contributed by atoms with Gasteiger partial charge in [-0.15, -0.1) is 0 Å². The summed E-state index contributed by atoms with van der Waals surface area (Å²) < 4.78 is 4.96. The maximum Gasteiger partial charge on any atom is 0.435 e. The highest BCUT2D eigenvalue weighted by atomic mass is 16.6. The molecule has 0 saturated heterocycles. The van der Waals surface area contributed by atoms with Crippen LogP contribution in [0, 0.1) is 0 Å². The van der Waals surface area contributed by atoms with E-state index in [9.17, 15) is 19.6 Å². The van der Waals surface area contributed by atoms with Crippen molar-refractivity contribution in [2.45, 2.75) is 38.3 Å². The van der Waals surface area contributed by atoms with Crippen molar-refractivity contribution >= 4 is 17.7 Å². The van der Waals surface area contributed by atoms with Gasteiger partial charge in [0, 0.05) is 6.42 Å². The lowest BCUT2D eigenvalue weighted by Gasteiger charge is -2.31. The van der Waals surface area contributed by atoms with Crippen LogP contribution in [-0.4, -0.2) is 33.5 Å².